The van der Waals surface area contributed by atoms with Crippen molar-refractivity contribution in [2.24, 2.45) is 5.92 Å². The number of ether oxygens (including phenoxy) is 1. The predicted octanol–water partition coefficient (Wildman–Crippen LogP) is 2.74. The molecule has 1 aliphatic carbocycles. The van der Waals surface area contributed by atoms with Crippen molar-refractivity contribution in [1.82, 2.24) is 5.32 Å². The van der Waals surface area contributed by atoms with Crippen LogP contribution in [0.4, 0.5) is 0 Å². The number of carbonyl (C=O) groups is 1. The summed E-state index contributed by atoms with van der Waals surface area (Å²) in [7, 11) is 1.43. The molecule has 0 amide bonds. The zero-order valence-electron chi connectivity index (χ0n) is 11.1. The molecule has 0 spiro atoms. The number of nitrogens with one attached hydrogen (secondary N) is 1. The van der Waals surface area contributed by atoms with E-state index in [0.29, 0.717) is 6.42 Å². The highest BCUT2D eigenvalue weighted by Gasteiger charge is 2.35. The van der Waals surface area contributed by atoms with Crippen molar-refractivity contribution in [1.29, 1.82) is 0 Å². The summed E-state index contributed by atoms with van der Waals surface area (Å²) < 4.78 is 4.66. The number of carbonyl (C=O) groups excluding carboxylic acids is 1. The van der Waals surface area contributed by atoms with Gasteiger partial charge in [-0.2, -0.15) is 0 Å². The largest absolute Gasteiger partial charge is 0.469 e. The quantitative estimate of drug-likeness (QED) is 0.772. The molecule has 1 aliphatic rings. The fourth-order valence-corrected chi connectivity index (χ4v) is 3.20. The molecule has 1 heterocycles. The van der Waals surface area contributed by atoms with Crippen LogP contribution >= 0.6 is 11.3 Å². The summed E-state index contributed by atoms with van der Waals surface area (Å²) in [5.41, 5.74) is 0. The van der Waals surface area contributed by atoms with Crippen LogP contribution in [0.25, 0.3) is 0 Å². The van der Waals surface area contributed by atoms with E-state index >= 15 is 0 Å². The van der Waals surface area contributed by atoms with Crippen LogP contribution in [-0.4, -0.2) is 19.1 Å². The molecular formula is C14H21NO2S. The van der Waals surface area contributed by atoms with Gasteiger partial charge in [0.2, 0.25) is 0 Å². The van der Waals surface area contributed by atoms with Gasteiger partial charge in [0.05, 0.1) is 13.5 Å². The molecule has 1 aromatic heterocycles. The van der Waals surface area contributed by atoms with Crippen LogP contribution in [-0.2, 0) is 22.5 Å². The van der Waals surface area contributed by atoms with Gasteiger partial charge in [-0.15, -0.1) is 11.3 Å². The highest BCUT2D eigenvalue weighted by molar-refractivity contribution is 7.12. The number of hydrogen-bond acceptors (Lipinski definition) is 4. The van der Waals surface area contributed by atoms with E-state index in [9.17, 15) is 4.79 Å². The molecule has 1 N–H and O–H groups in total. The molecule has 0 aliphatic heterocycles. The number of rotatable bonds is 7. The summed E-state index contributed by atoms with van der Waals surface area (Å²) in [5, 5.41) is 3.58. The summed E-state index contributed by atoms with van der Waals surface area (Å²) in [6.07, 6.45) is 4.35. The van der Waals surface area contributed by atoms with Crippen molar-refractivity contribution in [2.75, 3.05) is 7.11 Å². The predicted molar refractivity (Wildman–Crippen MR) is 73.7 cm³/mol. The van der Waals surface area contributed by atoms with Crippen molar-refractivity contribution >= 4 is 17.3 Å². The Morgan fingerprint density at radius 2 is 2.28 bits per heavy atom. The maximum Gasteiger partial charge on any atom is 0.310 e. The Kier molecular flexibility index (Phi) is 4.78. The Labute approximate surface area is 113 Å². The second-order valence-corrected chi connectivity index (χ2v) is 6.15. The minimum Gasteiger partial charge on any atom is -0.469 e. The molecule has 18 heavy (non-hydrogen) atoms. The second kappa shape index (κ2) is 6.34. The van der Waals surface area contributed by atoms with E-state index in [0.717, 1.165) is 23.4 Å². The molecule has 1 fully saturated rings. The van der Waals surface area contributed by atoms with Crippen molar-refractivity contribution in [3.63, 3.8) is 0 Å². The van der Waals surface area contributed by atoms with Crippen LogP contribution < -0.4 is 5.32 Å². The lowest BCUT2D eigenvalue weighted by atomic mass is 10.2. The van der Waals surface area contributed by atoms with E-state index in [1.54, 1.807) is 11.3 Å². The van der Waals surface area contributed by atoms with Crippen LogP contribution in [0.5, 0.6) is 0 Å². The van der Waals surface area contributed by atoms with Gasteiger partial charge in [-0.1, -0.05) is 13.3 Å². The monoisotopic (exact) mass is 267 g/mol. The van der Waals surface area contributed by atoms with E-state index in [1.807, 2.05) is 6.07 Å². The lowest BCUT2D eigenvalue weighted by Gasteiger charge is -2.01. The summed E-state index contributed by atoms with van der Waals surface area (Å²) >= 11 is 1.70. The summed E-state index contributed by atoms with van der Waals surface area (Å²) in [6.45, 7) is 3.17. The molecule has 2 unspecified atom stereocenters. The molecule has 0 aromatic carbocycles. The number of thiophene rings is 1. The molecule has 0 saturated heterocycles. The van der Waals surface area contributed by atoms with Gasteiger partial charge < -0.3 is 10.1 Å². The van der Waals surface area contributed by atoms with Crippen LogP contribution in [0.15, 0.2) is 12.1 Å². The van der Waals surface area contributed by atoms with E-state index in [1.165, 1.54) is 31.2 Å². The lowest BCUT2D eigenvalue weighted by molar-refractivity contribution is -0.139. The van der Waals surface area contributed by atoms with Crippen molar-refractivity contribution < 1.29 is 9.53 Å². The molecular weight excluding hydrogens is 246 g/mol. The molecule has 2 atom stereocenters. The van der Waals surface area contributed by atoms with Gasteiger partial charge in [0.25, 0.3) is 0 Å². The van der Waals surface area contributed by atoms with E-state index < -0.39 is 0 Å². The minimum atomic E-state index is -0.165. The standard InChI is InChI=1S/C14H21NO2S/c1-3-4-10-7-13(10)15-9-12-6-5-11(18-12)8-14(16)17-2/h5-6,10,13,15H,3-4,7-9H2,1-2H3. The molecule has 4 heteroatoms. The van der Waals surface area contributed by atoms with Gasteiger partial charge in [-0.05, 0) is 30.9 Å². The number of hydrogen-bond donors (Lipinski definition) is 1. The van der Waals surface area contributed by atoms with Crippen LogP contribution in [0.3, 0.4) is 0 Å². The van der Waals surface area contributed by atoms with Crippen molar-refractivity contribution in [2.45, 2.75) is 45.2 Å². The van der Waals surface area contributed by atoms with Gasteiger partial charge in [-0.25, -0.2) is 0 Å². The maximum atomic E-state index is 11.2. The van der Waals surface area contributed by atoms with Crippen LogP contribution in [0.2, 0.25) is 0 Å². The fourth-order valence-electron chi connectivity index (χ4n) is 2.25. The Bertz CT molecular complexity index is 402. The Morgan fingerprint density at radius 1 is 1.50 bits per heavy atom. The average molecular weight is 267 g/mol. The van der Waals surface area contributed by atoms with Crippen molar-refractivity contribution in [3.05, 3.63) is 21.9 Å². The van der Waals surface area contributed by atoms with Gasteiger partial charge in [0.1, 0.15) is 0 Å². The summed E-state index contributed by atoms with van der Waals surface area (Å²) in [4.78, 5) is 13.5. The zero-order valence-corrected chi connectivity index (χ0v) is 11.9. The van der Waals surface area contributed by atoms with Gasteiger partial charge in [-0.3, -0.25) is 4.79 Å². The first kappa shape index (κ1) is 13.6. The minimum absolute atomic E-state index is 0.165. The third kappa shape index (κ3) is 3.82. The second-order valence-electron chi connectivity index (χ2n) is 4.89. The fraction of sp³-hybridized carbons (Fsp3) is 0.643. The molecule has 3 nitrogen and oxygen atoms in total. The Hall–Kier alpha value is -0.870. The number of esters is 1. The average Bonchev–Trinajstić information content (AvgIpc) is 2.95. The number of methoxy groups -OCH3 is 1. The molecule has 1 saturated carbocycles. The van der Waals surface area contributed by atoms with Crippen molar-refractivity contribution in [3.8, 4) is 0 Å². The maximum absolute atomic E-state index is 11.2. The SMILES string of the molecule is CCCC1CC1NCc1ccc(CC(=O)OC)s1. The molecule has 1 aromatic rings. The first-order valence-corrected chi connectivity index (χ1v) is 7.42. The summed E-state index contributed by atoms with van der Waals surface area (Å²) in [5.74, 6) is 0.728. The third-order valence-corrected chi connectivity index (χ3v) is 4.47. The third-order valence-electron chi connectivity index (χ3n) is 3.38. The van der Waals surface area contributed by atoms with Crippen LogP contribution in [0.1, 0.15) is 35.9 Å². The topological polar surface area (TPSA) is 38.3 Å². The highest BCUT2D eigenvalue weighted by Crippen LogP contribution is 2.34. The molecule has 100 valence electrons. The van der Waals surface area contributed by atoms with Gasteiger partial charge >= 0.3 is 5.97 Å². The lowest BCUT2D eigenvalue weighted by Crippen LogP contribution is -2.16. The first-order chi connectivity index (χ1) is 8.72. The zero-order chi connectivity index (χ0) is 13.0. The van der Waals surface area contributed by atoms with Gasteiger partial charge in [0.15, 0.2) is 0 Å². The molecule has 2 rings (SSSR count). The van der Waals surface area contributed by atoms with Crippen LogP contribution in [0, 0.1) is 5.92 Å². The Balaban J connectivity index is 1.72. The smallest absolute Gasteiger partial charge is 0.310 e. The Morgan fingerprint density at radius 3 is 3.00 bits per heavy atom. The summed E-state index contributed by atoms with van der Waals surface area (Å²) in [6, 6.07) is 4.85. The van der Waals surface area contributed by atoms with E-state index in [4.69, 9.17) is 0 Å². The molecule has 0 radical (unpaired) electrons. The van der Waals surface area contributed by atoms with E-state index in [2.05, 4.69) is 23.0 Å². The van der Waals surface area contributed by atoms with Gasteiger partial charge in [0, 0.05) is 22.3 Å². The molecule has 0 bridgehead atoms. The normalized spacial score (nSPS) is 21.9. The van der Waals surface area contributed by atoms with E-state index in [-0.39, 0.29) is 5.97 Å². The highest BCUT2D eigenvalue weighted by atomic mass is 32.1. The first-order valence-electron chi connectivity index (χ1n) is 6.60.